The van der Waals surface area contributed by atoms with Crippen LogP contribution in [0, 0.1) is 47.0 Å². The Labute approximate surface area is 224 Å². The van der Waals surface area contributed by atoms with Crippen LogP contribution in [0.2, 0.25) is 0 Å². The Morgan fingerprint density at radius 1 is 0.568 bits per heavy atom. The molecule has 0 aliphatic rings. The van der Waals surface area contributed by atoms with Crippen LogP contribution in [-0.2, 0) is 19.6 Å². The molecule has 37 heavy (non-hydrogen) atoms. The van der Waals surface area contributed by atoms with E-state index in [1.807, 2.05) is 18.6 Å². The predicted molar refractivity (Wildman–Crippen MR) is 152 cm³/mol. The van der Waals surface area contributed by atoms with Crippen molar-refractivity contribution in [3.05, 3.63) is 53.1 Å². The van der Waals surface area contributed by atoms with Crippen molar-refractivity contribution in [1.82, 2.24) is 38.5 Å². The van der Waals surface area contributed by atoms with Crippen LogP contribution in [0.15, 0.2) is 18.6 Å². The largest absolute Gasteiger partial charge is 0.333 e. The van der Waals surface area contributed by atoms with Gasteiger partial charge in [-0.15, -0.1) is 0 Å². The fourth-order valence-electron chi connectivity index (χ4n) is 5.47. The molecule has 0 aromatic carbocycles. The summed E-state index contributed by atoms with van der Waals surface area (Å²) in [6.07, 6.45) is 10.6. The number of likely N-dealkylation sites (N-methyl/N-ethyl adjacent to an activating group) is 2. The van der Waals surface area contributed by atoms with Gasteiger partial charge in [0.15, 0.2) is 0 Å². The van der Waals surface area contributed by atoms with Gasteiger partial charge in [0.25, 0.3) is 0 Å². The second-order valence-corrected chi connectivity index (χ2v) is 11.4. The smallest absolute Gasteiger partial charge is 0.105 e. The molecule has 0 saturated heterocycles. The highest BCUT2D eigenvalue weighted by molar-refractivity contribution is 5.04. The van der Waals surface area contributed by atoms with E-state index in [1.165, 1.54) is 23.5 Å². The Hall–Kier alpha value is -2.45. The number of nitrogens with zero attached hydrogens (tertiary/aromatic N) is 8. The maximum absolute atomic E-state index is 4.58. The summed E-state index contributed by atoms with van der Waals surface area (Å²) in [4.78, 5) is 18.5. The maximum Gasteiger partial charge on any atom is 0.105 e. The number of imidazole rings is 3. The summed E-state index contributed by atoms with van der Waals surface area (Å²) < 4.78 is 7.18. The first-order valence-electron chi connectivity index (χ1n) is 13.8. The molecule has 0 atom stereocenters. The van der Waals surface area contributed by atoms with E-state index in [-0.39, 0.29) is 5.41 Å². The average Bonchev–Trinajstić information content (AvgIpc) is 3.47. The van der Waals surface area contributed by atoms with Crippen molar-refractivity contribution in [2.45, 2.75) is 86.9 Å². The summed E-state index contributed by atoms with van der Waals surface area (Å²) in [6.45, 7) is 19.2. The SMILES string of the molecule is Cc1cnc(C)n1CCC(CCN(C)CCN(C)C)(CCn1c(C)cnc1C)CCn1c(C)cnc1C. The molecule has 0 aliphatic carbocycles. The van der Waals surface area contributed by atoms with Crippen molar-refractivity contribution in [3.63, 3.8) is 0 Å². The van der Waals surface area contributed by atoms with Gasteiger partial charge in [0, 0.05) is 68.4 Å². The zero-order valence-corrected chi connectivity index (χ0v) is 24.9. The monoisotopic (exact) mass is 510 g/mol. The van der Waals surface area contributed by atoms with Crippen molar-refractivity contribution >= 4 is 0 Å². The van der Waals surface area contributed by atoms with Crippen LogP contribution >= 0.6 is 0 Å². The molecule has 3 rings (SSSR count). The summed E-state index contributed by atoms with van der Waals surface area (Å²) in [5.74, 6) is 3.33. The van der Waals surface area contributed by atoms with E-state index in [9.17, 15) is 0 Å². The summed E-state index contributed by atoms with van der Waals surface area (Å²) >= 11 is 0. The molecule has 0 saturated carbocycles. The van der Waals surface area contributed by atoms with Gasteiger partial charge in [0.2, 0.25) is 0 Å². The number of rotatable bonds is 15. The average molecular weight is 511 g/mol. The van der Waals surface area contributed by atoms with Crippen molar-refractivity contribution in [2.24, 2.45) is 5.41 Å². The molecular weight excluding hydrogens is 460 g/mol. The van der Waals surface area contributed by atoms with Gasteiger partial charge in [-0.05, 0) is 100 Å². The standard InChI is InChI=1S/C29H50N8/c1-23-20-30-26(4)35(23)15-11-29(10-14-34(9)19-18-33(7)8,12-16-36-24(2)21-31-27(36)5)13-17-37-25(3)22-32-28(37)6/h20-22H,10-19H2,1-9H3. The van der Waals surface area contributed by atoms with Crippen LogP contribution in [0.5, 0.6) is 0 Å². The van der Waals surface area contributed by atoms with E-state index in [0.717, 1.165) is 76.0 Å². The fraction of sp³-hybridized carbons (Fsp3) is 0.690. The Morgan fingerprint density at radius 3 is 1.24 bits per heavy atom. The number of aromatic nitrogens is 6. The number of hydrogen-bond acceptors (Lipinski definition) is 5. The molecule has 3 heterocycles. The van der Waals surface area contributed by atoms with Gasteiger partial charge in [0.1, 0.15) is 17.5 Å². The molecule has 0 fully saturated rings. The lowest BCUT2D eigenvalue weighted by Crippen LogP contribution is -2.35. The molecule has 206 valence electrons. The van der Waals surface area contributed by atoms with E-state index in [2.05, 4.69) is 101 Å². The molecule has 0 radical (unpaired) electrons. The van der Waals surface area contributed by atoms with E-state index in [1.54, 1.807) is 0 Å². The Balaban J connectivity index is 1.88. The van der Waals surface area contributed by atoms with Crippen molar-refractivity contribution in [3.8, 4) is 0 Å². The molecule has 0 unspecified atom stereocenters. The summed E-state index contributed by atoms with van der Waals surface area (Å²) in [5.41, 5.74) is 3.92. The fourth-order valence-corrected chi connectivity index (χ4v) is 5.47. The van der Waals surface area contributed by atoms with Gasteiger partial charge in [0.05, 0.1) is 0 Å². The lowest BCUT2D eigenvalue weighted by atomic mass is 9.74. The first-order valence-corrected chi connectivity index (χ1v) is 13.8. The Kier molecular flexibility index (Phi) is 10.1. The predicted octanol–water partition coefficient (Wildman–Crippen LogP) is 4.57. The highest BCUT2D eigenvalue weighted by Crippen LogP contribution is 2.38. The van der Waals surface area contributed by atoms with Gasteiger partial charge in [-0.3, -0.25) is 0 Å². The molecule has 0 aliphatic heterocycles. The molecule has 3 aromatic rings. The Morgan fingerprint density at radius 2 is 0.946 bits per heavy atom. The van der Waals surface area contributed by atoms with Crippen molar-refractivity contribution in [1.29, 1.82) is 0 Å². The minimum atomic E-state index is 0.182. The number of hydrogen-bond donors (Lipinski definition) is 0. The normalized spacial score (nSPS) is 12.4. The van der Waals surface area contributed by atoms with Gasteiger partial charge in [-0.2, -0.15) is 0 Å². The van der Waals surface area contributed by atoms with Crippen LogP contribution in [0.25, 0.3) is 0 Å². The van der Waals surface area contributed by atoms with Crippen LogP contribution in [0.3, 0.4) is 0 Å². The van der Waals surface area contributed by atoms with E-state index >= 15 is 0 Å². The summed E-state index contributed by atoms with van der Waals surface area (Å²) in [5, 5.41) is 0. The maximum atomic E-state index is 4.58. The van der Waals surface area contributed by atoms with Crippen molar-refractivity contribution in [2.75, 3.05) is 40.8 Å². The molecular formula is C29H50N8. The van der Waals surface area contributed by atoms with Crippen LogP contribution < -0.4 is 0 Å². The zero-order chi connectivity index (χ0) is 27.2. The quantitative estimate of drug-likeness (QED) is 0.300. The minimum absolute atomic E-state index is 0.182. The van der Waals surface area contributed by atoms with E-state index < -0.39 is 0 Å². The first-order chi connectivity index (χ1) is 17.5. The summed E-state index contributed by atoms with van der Waals surface area (Å²) in [6, 6.07) is 0. The molecule has 0 amide bonds. The van der Waals surface area contributed by atoms with Crippen LogP contribution in [0.4, 0.5) is 0 Å². The Bertz CT molecular complexity index is 939. The van der Waals surface area contributed by atoms with Gasteiger partial charge in [-0.1, -0.05) is 0 Å². The minimum Gasteiger partial charge on any atom is -0.333 e. The first kappa shape index (κ1) is 29.1. The topological polar surface area (TPSA) is 59.9 Å². The molecule has 8 heteroatoms. The number of aryl methyl sites for hydroxylation is 6. The lowest BCUT2D eigenvalue weighted by Gasteiger charge is -2.37. The van der Waals surface area contributed by atoms with E-state index in [0.29, 0.717) is 0 Å². The van der Waals surface area contributed by atoms with Gasteiger partial charge >= 0.3 is 0 Å². The molecule has 0 N–H and O–H groups in total. The zero-order valence-electron chi connectivity index (χ0n) is 24.9. The second-order valence-electron chi connectivity index (χ2n) is 11.4. The molecule has 8 nitrogen and oxygen atoms in total. The molecule has 0 spiro atoms. The van der Waals surface area contributed by atoms with Gasteiger partial charge in [-0.25, -0.2) is 15.0 Å². The molecule has 0 bridgehead atoms. The highest BCUT2D eigenvalue weighted by atomic mass is 15.1. The molecule has 3 aromatic heterocycles. The lowest BCUT2D eigenvalue weighted by molar-refractivity contribution is 0.140. The van der Waals surface area contributed by atoms with Crippen LogP contribution in [-0.4, -0.2) is 79.2 Å². The van der Waals surface area contributed by atoms with Gasteiger partial charge < -0.3 is 23.5 Å². The van der Waals surface area contributed by atoms with Crippen molar-refractivity contribution < 1.29 is 0 Å². The summed E-state index contributed by atoms with van der Waals surface area (Å²) in [7, 11) is 6.58. The highest BCUT2D eigenvalue weighted by Gasteiger charge is 2.31. The van der Waals surface area contributed by atoms with Crippen LogP contribution in [0.1, 0.15) is 60.2 Å². The third-order valence-corrected chi connectivity index (χ3v) is 8.31. The second kappa shape index (κ2) is 12.9. The third kappa shape index (κ3) is 7.77. The van der Waals surface area contributed by atoms with E-state index in [4.69, 9.17) is 0 Å². The third-order valence-electron chi connectivity index (χ3n) is 8.31.